The molecule has 1 fully saturated rings. The molecule has 112 valence electrons. The van der Waals surface area contributed by atoms with E-state index in [1.54, 1.807) is 6.92 Å². The number of hydrogen-bond donors (Lipinski definition) is 2. The number of thiophene rings is 1. The average Bonchev–Trinajstić information content (AvgIpc) is 2.81. The van der Waals surface area contributed by atoms with Crippen molar-refractivity contribution >= 4 is 27.3 Å². The molecule has 0 bridgehead atoms. The Hall–Kier alpha value is -0.960. The van der Waals surface area contributed by atoms with Crippen LogP contribution in [0.25, 0.3) is 0 Å². The molecule has 0 spiro atoms. The van der Waals surface area contributed by atoms with E-state index in [1.807, 2.05) is 0 Å². The van der Waals surface area contributed by atoms with Gasteiger partial charge in [0.2, 0.25) is 10.0 Å². The van der Waals surface area contributed by atoms with Crippen molar-refractivity contribution in [1.29, 1.82) is 0 Å². The van der Waals surface area contributed by atoms with Gasteiger partial charge in [-0.3, -0.25) is 0 Å². The van der Waals surface area contributed by atoms with Crippen LogP contribution in [0.5, 0.6) is 0 Å². The number of carboxylic acids is 1. The average molecular weight is 319 g/mol. The summed E-state index contributed by atoms with van der Waals surface area (Å²) in [5, 5.41) is 8.96. The molecule has 1 aliphatic heterocycles. The fourth-order valence-electron chi connectivity index (χ4n) is 2.05. The fourth-order valence-corrected chi connectivity index (χ4v) is 4.59. The number of sulfonamides is 1. The van der Waals surface area contributed by atoms with E-state index in [2.05, 4.69) is 4.72 Å². The van der Waals surface area contributed by atoms with Crippen molar-refractivity contribution in [1.82, 2.24) is 4.72 Å². The summed E-state index contributed by atoms with van der Waals surface area (Å²) in [6.45, 7) is 3.28. The van der Waals surface area contributed by atoms with Crippen molar-refractivity contribution in [3.05, 3.63) is 16.5 Å². The van der Waals surface area contributed by atoms with E-state index in [0.29, 0.717) is 25.3 Å². The number of carboxylic acid groups (broad SMARTS) is 1. The maximum Gasteiger partial charge on any atom is 0.346 e. The summed E-state index contributed by atoms with van der Waals surface area (Å²) in [6, 6.07) is 1.40. The standard InChI is InChI=1S/C12H17NO5S2/c1-8-6-10(19-11(8)12(14)15)20(16,17)13-7-9-2-4-18-5-3-9/h6,9,13H,2-5,7H2,1H3,(H,14,15). The normalized spacial score (nSPS) is 17.2. The van der Waals surface area contributed by atoms with Crippen LogP contribution in [-0.2, 0) is 14.8 Å². The molecule has 1 aromatic heterocycles. The lowest BCUT2D eigenvalue weighted by Gasteiger charge is -2.21. The van der Waals surface area contributed by atoms with E-state index in [1.165, 1.54) is 6.07 Å². The number of ether oxygens (including phenoxy) is 1. The van der Waals surface area contributed by atoms with Gasteiger partial charge in [0.05, 0.1) is 0 Å². The first-order valence-electron chi connectivity index (χ1n) is 6.31. The number of hydrogen-bond acceptors (Lipinski definition) is 5. The lowest BCUT2D eigenvalue weighted by Crippen LogP contribution is -2.31. The molecule has 0 aliphatic carbocycles. The first-order chi connectivity index (χ1) is 9.40. The van der Waals surface area contributed by atoms with Crippen molar-refractivity contribution < 1.29 is 23.1 Å². The molecule has 0 saturated carbocycles. The summed E-state index contributed by atoms with van der Waals surface area (Å²) >= 11 is 0.786. The van der Waals surface area contributed by atoms with Crippen LogP contribution in [0.2, 0.25) is 0 Å². The summed E-state index contributed by atoms with van der Waals surface area (Å²) in [5.41, 5.74) is 0.467. The van der Waals surface area contributed by atoms with Crippen LogP contribution >= 0.6 is 11.3 Å². The molecule has 0 amide bonds. The summed E-state index contributed by atoms with van der Waals surface area (Å²) in [6.07, 6.45) is 1.68. The van der Waals surface area contributed by atoms with Gasteiger partial charge in [-0.05, 0) is 37.3 Å². The predicted molar refractivity (Wildman–Crippen MR) is 74.7 cm³/mol. The second-order valence-electron chi connectivity index (χ2n) is 4.79. The molecule has 20 heavy (non-hydrogen) atoms. The van der Waals surface area contributed by atoms with Gasteiger partial charge in [-0.1, -0.05) is 0 Å². The van der Waals surface area contributed by atoms with Crippen LogP contribution in [0.1, 0.15) is 28.1 Å². The van der Waals surface area contributed by atoms with Gasteiger partial charge in [-0.25, -0.2) is 17.9 Å². The largest absolute Gasteiger partial charge is 0.477 e. The summed E-state index contributed by atoms with van der Waals surface area (Å²) in [7, 11) is -3.63. The molecule has 0 aromatic carbocycles. The maximum absolute atomic E-state index is 12.1. The van der Waals surface area contributed by atoms with Crippen LogP contribution in [0.15, 0.2) is 10.3 Å². The van der Waals surface area contributed by atoms with Gasteiger partial charge in [-0.15, -0.1) is 11.3 Å². The third-order valence-corrected chi connectivity index (χ3v) is 6.38. The van der Waals surface area contributed by atoms with Crippen molar-refractivity contribution in [2.24, 2.45) is 5.92 Å². The van der Waals surface area contributed by atoms with Gasteiger partial charge in [-0.2, -0.15) is 0 Å². The summed E-state index contributed by atoms with van der Waals surface area (Å²) in [4.78, 5) is 11.0. The molecule has 8 heteroatoms. The predicted octanol–water partition coefficient (Wildman–Crippen LogP) is 1.46. The van der Waals surface area contributed by atoms with Crippen molar-refractivity contribution in [3.8, 4) is 0 Å². The van der Waals surface area contributed by atoms with Gasteiger partial charge in [0, 0.05) is 19.8 Å². The van der Waals surface area contributed by atoms with Gasteiger partial charge in [0.1, 0.15) is 9.09 Å². The van der Waals surface area contributed by atoms with E-state index >= 15 is 0 Å². The summed E-state index contributed by atoms with van der Waals surface area (Å²) in [5.74, 6) is -0.822. The molecule has 1 aliphatic rings. The van der Waals surface area contributed by atoms with Gasteiger partial charge >= 0.3 is 5.97 Å². The Bertz CT molecular complexity index is 587. The highest BCUT2D eigenvalue weighted by Gasteiger charge is 2.23. The Morgan fingerprint density at radius 1 is 1.50 bits per heavy atom. The maximum atomic E-state index is 12.1. The molecular formula is C12H17NO5S2. The Morgan fingerprint density at radius 2 is 2.15 bits per heavy atom. The smallest absolute Gasteiger partial charge is 0.346 e. The zero-order valence-corrected chi connectivity index (χ0v) is 12.7. The molecule has 0 atom stereocenters. The molecular weight excluding hydrogens is 302 g/mol. The highest BCUT2D eigenvalue weighted by molar-refractivity contribution is 7.91. The fraction of sp³-hybridized carbons (Fsp3) is 0.583. The second kappa shape index (κ2) is 6.21. The number of nitrogens with one attached hydrogen (secondary N) is 1. The Balaban J connectivity index is 2.06. The van der Waals surface area contributed by atoms with Crippen molar-refractivity contribution in [2.45, 2.75) is 24.0 Å². The van der Waals surface area contributed by atoms with Crippen LogP contribution in [0.4, 0.5) is 0 Å². The first-order valence-corrected chi connectivity index (χ1v) is 8.61. The second-order valence-corrected chi connectivity index (χ2v) is 7.84. The Labute approximate surface area is 121 Å². The molecule has 0 radical (unpaired) electrons. The van der Waals surface area contributed by atoms with Crippen LogP contribution in [-0.4, -0.2) is 39.3 Å². The molecule has 6 nitrogen and oxygen atoms in total. The molecule has 1 aromatic rings. The quantitative estimate of drug-likeness (QED) is 0.857. The third-order valence-electron chi connectivity index (χ3n) is 3.26. The van der Waals surface area contributed by atoms with E-state index in [9.17, 15) is 13.2 Å². The van der Waals surface area contributed by atoms with Crippen LogP contribution in [0.3, 0.4) is 0 Å². The number of aromatic carboxylic acids is 1. The molecule has 1 saturated heterocycles. The van der Waals surface area contributed by atoms with Crippen LogP contribution in [0, 0.1) is 12.8 Å². The molecule has 2 N–H and O–H groups in total. The number of carbonyl (C=O) groups is 1. The molecule has 2 heterocycles. The topological polar surface area (TPSA) is 92.7 Å². The van der Waals surface area contributed by atoms with Gasteiger partial charge < -0.3 is 9.84 Å². The zero-order valence-electron chi connectivity index (χ0n) is 11.1. The van der Waals surface area contributed by atoms with E-state index in [-0.39, 0.29) is 15.0 Å². The minimum Gasteiger partial charge on any atom is -0.477 e. The Morgan fingerprint density at radius 3 is 2.70 bits per heavy atom. The van der Waals surface area contributed by atoms with Crippen LogP contribution < -0.4 is 4.72 Å². The van der Waals surface area contributed by atoms with Crippen molar-refractivity contribution in [2.75, 3.05) is 19.8 Å². The minimum atomic E-state index is -3.63. The Kier molecular flexibility index (Phi) is 4.79. The lowest BCUT2D eigenvalue weighted by atomic mass is 10.0. The van der Waals surface area contributed by atoms with Gasteiger partial charge in [0.25, 0.3) is 0 Å². The van der Waals surface area contributed by atoms with Gasteiger partial charge in [0.15, 0.2) is 0 Å². The lowest BCUT2D eigenvalue weighted by molar-refractivity contribution is 0.0677. The third kappa shape index (κ3) is 3.57. The molecule has 2 rings (SSSR count). The minimum absolute atomic E-state index is 0.0551. The number of aryl methyl sites for hydroxylation is 1. The zero-order chi connectivity index (χ0) is 14.8. The highest BCUT2D eigenvalue weighted by Crippen LogP contribution is 2.26. The van der Waals surface area contributed by atoms with Crippen molar-refractivity contribution in [3.63, 3.8) is 0 Å². The van der Waals surface area contributed by atoms with E-state index in [0.717, 1.165) is 24.2 Å². The highest BCUT2D eigenvalue weighted by atomic mass is 32.2. The molecule has 0 unspecified atom stereocenters. The SMILES string of the molecule is Cc1cc(S(=O)(=O)NCC2CCOCC2)sc1C(=O)O. The first kappa shape index (κ1) is 15.4. The summed E-state index contributed by atoms with van der Waals surface area (Å²) < 4.78 is 32.1. The number of rotatable bonds is 5. The van der Waals surface area contributed by atoms with E-state index in [4.69, 9.17) is 9.84 Å². The van der Waals surface area contributed by atoms with E-state index < -0.39 is 16.0 Å². The monoisotopic (exact) mass is 319 g/mol.